The number of aromatic nitrogens is 1. The molecule has 0 radical (unpaired) electrons. The van der Waals surface area contributed by atoms with Crippen molar-refractivity contribution in [1.29, 1.82) is 0 Å². The lowest BCUT2D eigenvalue weighted by molar-refractivity contribution is 0.101. The van der Waals surface area contributed by atoms with E-state index in [0.717, 1.165) is 28.0 Å². The molecule has 5 heteroatoms. The predicted molar refractivity (Wildman–Crippen MR) is 123 cm³/mol. The molecule has 3 aromatic carbocycles. The average Bonchev–Trinajstić information content (AvgIpc) is 3.10. The van der Waals surface area contributed by atoms with Gasteiger partial charge in [-0.3, -0.25) is 4.79 Å². The van der Waals surface area contributed by atoms with E-state index >= 15 is 0 Å². The van der Waals surface area contributed by atoms with Gasteiger partial charge >= 0.3 is 0 Å². The summed E-state index contributed by atoms with van der Waals surface area (Å²) in [4.78, 5) is 13.2. The molecule has 0 fully saturated rings. The topological polar surface area (TPSA) is 52.5 Å². The summed E-state index contributed by atoms with van der Waals surface area (Å²) >= 11 is 0. The van der Waals surface area contributed by atoms with Crippen LogP contribution in [0.2, 0.25) is 0 Å². The summed E-state index contributed by atoms with van der Waals surface area (Å²) in [6, 6.07) is 22.6. The zero-order valence-electron chi connectivity index (χ0n) is 17.6. The van der Waals surface area contributed by atoms with Gasteiger partial charge in [0.25, 0.3) is 5.91 Å². The number of aryl methyl sites for hydroxylation is 1. The molecule has 0 atom stereocenters. The third-order valence-corrected chi connectivity index (χ3v) is 5.09. The number of nitrogens with zero attached hydrogens (tertiary/aromatic N) is 1. The Morgan fingerprint density at radius 1 is 0.839 bits per heavy atom. The van der Waals surface area contributed by atoms with E-state index in [1.807, 2.05) is 84.4 Å². The second-order valence-electron chi connectivity index (χ2n) is 6.96. The Labute approximate surface area is 181 Å². The van der Waals surface area contributed by atoms with Gasteiger partial charge in [0.15, 0.2) is 0 Å². The van der Waals surface area contributed by atoms with Crippen molar-refractivity contribution in [3.63, 3.8) is 0 Å². The Balaban J connectivity index is 1.74. The molecule has 0 saturated heterocycles. The van der Waals surface area contributed by atoms with Crippen LogP contribution in [-0.4, -0.2) is 24.7 Å². The van der Waals surface area contributed by atoms with E-state index in [0.29, 0.717) is 16.9 Å². The maximum absolute atomic E-state index is 13.2. The van der Waals surface area contributed by atoms with E-state index < -0.39 is 0 Å². The van der Waals surface area contributed by atoms with E-state index in [4.69, 9.17) is 9.47 Å². The maximum atomic E-state index is 13.2. The number of hydrogen-bond acceptors (Lipinski definition) is 3. The molecular weight excluding hydrogens is 388 g/mol. The molecule has 0 unspecified atom stereocenters. The highest BCUT2D eigenvalue weighted by Gasteiger charge is 2.20. The van der Waals surface area contributed by atoms with E-state index in [1.165, 1.54) is 0 Å². The smallest absolute Gasteiger partial charge is 0.273 e. The number of fused-ring (bicyclic) bond motifs is 1. The van der Waals surface area contributed by atoms with Crippen LogP contribution in [0.4, 0.5) is 5.69 Å². The number of anilines is 1. The molecule has 1 amide bonds. The summed E-state index contributed by atoms with van der Waals surface area (Å²) in [7, 11) is 5.12. The second kappa shape index (κ2) is 8.68. The fourth-order valence-electron chi connectivity index (χ4n) is 3.46. The number of para-hydroxylation sites is 1. The number of methoxy groups -OCH3 is 2. The number of carbonyl (C=O) groups is 1. The van der Waals surface area contributed by atoms with Crippen LogP contribution in [0.3, 0.4) is 0 Å². The summed E-state index contributed by atoms with van der Waals surface area (Å²) in [6.07, 6.45) is 0. The minimum atomic E-state index is -0.220. The Kier molecular flexibility index (Phi) is 5.63. The van der Waals surface area contributed by atoms with Gasteiger partial charge in [0.05, 0.1) is 19.8 Å². The number of carbonyl (C=O) groups excluding carboxylic acids is 1. The molecule has 0 saturated carbocycles. The highest BCUT2D eigenvalue weighted by Crippen LogP contribution is 2.26. The van der Waals surface area contributed by atoms with Crippen LogP contribution in [0.5, 0.6) is 11.5 Å². The van der Waals surface area contributed by atoms with Crippen molar-refractivity contribution in [1.82, 2.24) is 4.57 Å². The minimum Gasteiger partial charge on any atom is -0.497 e. The fraction of sp³-hybridized carbons (Fsp3) is 0.115. The van der Waals surface area contributed by atoms with Crippen LogP contribution < -0.4 is 14.8 Å². The molecule has 0 spiro atoms. The number of rotatable bonds is 4. The van der Waals surface area contributed by atoms with Gasteiger partial charge in [-0.05, 0) is 54.6 Å². The van der Waals surface area contributed by atoms with E-state index in [2.05, 4.69) is 17.2 Å². The lowest BCUT2D eigenvalue weighted by Crippen LogP contribution is -2.17. The van der Waals surface area contributed by atoms with Gasteiger partial charge in [0.1, 0.15) is 17.2 Å². The monoisotopic (exact) mass is 410 g/mol. The van der Waals surface area contributed by atoms with Gasteiger partial charge in [-0.15, -0.1) is 0 Å². The highest BCUT2D eigenvalue weighted by atomic mass is 16.5. The van der Waals surface area contributed by atoms with Gasteiger partial charge < -0.3 is 19.4 Å². The quantitative estimate of drug-likeness (QED) is 0.490. The van der Waals surface area contributed by atoms with Crippen LogP contribution in [0.1, 0.15) is 21.6 Å². The van der Waals surface area contributed by atoms with Gasteiger partial charge in [-0.2, -0.15) is 0 Å². The number of nitrogens with one attached hydrogen (secondary N) is 1. The van der Waals surface area contributed by atoms with E-state index in [9.17, 15) is 4.79 Å². The Bertz CT molecular complexity index is 1290. The standard InChI is InChI=1S/C26H22N2O3/c1-28-24-7-5-4-6-22(24)23(17-10-18-8-13-20(30-2)14-9-18)25(28)26(29)27-19-11-15-21(31-3)16-12-19/h4-9,11-16H,1-3H3,(H,27,29). The number of amides is 1. The van der Waals surface area contributed by atoms with Crippen LogP contribution in [-0.2, 0) is 7.05 Å². The van der Waals surface area contributed by atoms with Crippen molar-refractivity contribution in [3.05, 3.63) is 89.6 Å². The molecule has 0 aliphatic rings. The second-order valence-corrected chi connectivity index (χ2v) is 6.96. The van der Waals surface area contributed by atoms with E-state index in [1.54, 1.807) is 14.2 Å². The lowest BCUT2D eigenvalue weighted by atomic mass is 10.1. The summed E-state index contributed by atoms with van der Waals surface area (Å²) in [5.74, 6) is 7.68. The fourth-order valence-corrected chi connectivity index (χ4v) is 3.46. The number of benzene rings is 3. The summed E-state index contributed by atoms with van der Waals surface area (Å²) in [6.45, 7) is 0. The van der Waals surface area contributed by atoms with Crippen LogP contribution in [0.25, 0.3) is 10.9 Å². The van der Waals surface area contributed by atoms with Gasteiger partial charge in [-0.1, -0.05) is 30.0 Å². The highest BCUT2D eigenvalue weighted by molar-refractivity contribution is 6.09. The summed E-state index contributed by atoms with van der Waals surface area (Å²) in [5, 5.41) is 3.90. The van der Waals surface area contributed by atoms with Gasteiger partial charge in [0.2, 0.25) is 0 Å². The molecule has 4 aromatic rings. The Morgan fingerprint density at radius 2 is 1.45 bits per heavy atom. The summed E-state index contributed by atoms with van der Waals surface area (Å²) < 4.78 is 12.3. The normalized spacial score (nSPS) is 10.3. The van der Waals surface area contributed by atoms with Crippen LogP contribution >= 0.6 is 0 Å². The van der Waals surface area contributed by atoms with Crippen molar-refractivity contribution in [2.24, 2.45) is 7.05 Å². The van der Waals surface area contributed by atoms with E-state index in [-0.39, 0.29) is 5.91 Å². The Hall–Kier alpha value is -4.17. The molecule has 31 heavy (non-hydrogen) atoms. The van der Waals surface area contributed by atoms with Crippen molar-refractivity contribution < 1.29 is 14.3 Å². The van der Waals surface area contributed by atoms with Gasteiger partial charge in [-0.25, -0.2) is 0 Å². The van der Waals surface area contributed by atoms with Crippen molar-refractivity contribution in [2.75, 3.05) is 19.5 Å². The first kappa shape index (κ1) is 20.1. The third-order valence-electron chi connectivity index (χ3n) is 5.09. The number of ether oxygens (including phenoxy) is 2. The minimum absolute atomic E-state index is 0.220. The zero-order chi connectivity index (χ0) is 21.8. The maximum Gasteiger partial charge on any atom is 0.273 e. The lowest BCUT2D eigenvalue weighted by Gasteiger charge is -2.08. The molecule has 1 aromatic heterocycles. The first-order chi connectivity index (χ1) is 15.1. The van der Waals surface area contributed by atoms with Gasteiger partial charge in [0, 0.05) is 29.2 Å². The van der Waals surface area contributed by atoms with Crippen LogP contribution in [0, 0.1) is 11.8 Å². The SMILES string of the molecule is COc1ccc(C#Cc2c(C(=O)Nc3ccc(OC)cc3)n(C)c3ccccc23)cc1. The molecule has 1 heterocycles. The number of hydrogen-bond donors (Lipinski definition) is 1. The molecule has 0 bridgehead atoms. The summed E-state index contributed by atoms with van der Waals surface area (Å²) in [5.41, 5.74) is 3.68. The van der Waals surface area contributed by atoms with Crippen LogP contribution in [0.15, 0.2) is 72.8 Å². The zero-order valence-corrected chi connectivity index (χ0v) is 17.6. The molecular formula is C26H22N2O3. The largest absolute Gasteiger partial charge is 0.497 e. The molecule has 1 N–H and O–H groups in total. The first-order valence-electron chi connectivity index (χ1n) is 9.79. The third kappa shape index (κ3) is 4.10. The van der Waals surface area contributed by atoms with Crippen molar-refractivity contribution in [2.45, 2.75) is 0 Å². The molecule has 0 aliphatic carbocycles. The Morgan fingerprint density at radius 3 is 2.10 bits per heavy atom. The van der Waals surface area contributed by atoms with Crippen molar-refractivity contribution >= 4 is 22.5 Å². The molecule has 154 valence electrons. The first-order valence-corrected chi connectivity index (χ1v) is 9.79. The molecule has 5 nitrogen and oxygen atoms in total. The molecule has 4 rings (SSSR count). The van der Waals surface area contributed by atoms with Crippen molar-refractivity contribution in [3.8, 4) is 23.3 Å². The average molecular weight is 410 g/mol. The predicted octanol–water partition coefficient (Wildman–Crippen LogP) is 4.85. The molecule has 0 aliphatic heterocycles.